The molecular weight excluding hydrogens is 256 g/mol. The summed E-state index contributed by atoms with van der Waals surface area (Å²) in [6.45, 7) is 2.83. The lowest BCUT2D eigenvalue weighted by Gasteiger charge is -2.44. The van der Waals surface area contributed by atoms with E-state index in [0.29, 0.717) is 12.0 Å². The molecule has 110 valence electrons. The maximum atomic E-state index is 5.92. The second kappa shape index (κ2) is 6.88. The van der Waals surface area contributed by atoms with Gasteiger partial charge < -0.3 is 5.73 Å². The third-order valence-electron chi connectivity index (χ3n) is 4.61. The van der Waals surface area contributed by atoms with Crippen molar-refractivity contribution in [2.24, 2.45) is 11.7 Å². The normalized spacial score (nSPS) is 21.2. The first kappa shape index (κ1) is 14.3. The fourth-order valence-electron chi connectivity index (χ4n) is 3.23. The highest BCUT2D eigenvalue weighted by atomic mass is 15.2. The summed E-state index contributed by atoms with van der Waals surface area (Å²) in [6, 6.07) is 22.1. The van der Waals surface area contributed by atoms with Crippen molar-refractivity contribution in [2.45, 2.75) is 32.0 Å². The van der Waals surface area contributed by atoms with Gasteiger partial charge in [-0.25, -0.2) is 0 Å². The van der Waals surface area contributed by atoms with Crippen LogP contribution in [0.1, 0.15) is 24.0 Å². The Labute approximate surface area is 127 Å². The molecule has 0 amide bonds. The Hall–Kier alpha value is -1.64. The van der Waals surface area contributed by atoms with Crippen LogP contribution in [-0.2, 0) is 13.1 Å². The van der Waals surface area contributed by atoms with Crippen LogP contribution in [0.2, 0.25) is 0 Å². The summed E-state index contributed by atoms with van der Waals surface area (Å²) in [6.07, 6.45) is 2.56. The lowest BCUT2D eigenvalue weighted by molar-refractivity contribution is 0.0533. The van der Waals surface area contributed by atoms with Gasteiger partial charge in [0.25, 0.3) is 0 Å². The second-order valence-electron chi connectivity index (χ2n) is 6.02. The second-order valence-corrected chi connectivity index (χ2v) is 6.02. The van der Waals surface area contributed by atoms with E-state index in [2.05, 4.69) is 65.6 Å². The zero-order valence-corrected chi connectivity index (χ0v) is 12.5. The van der Waals surface area contributed by atoms with Crippen molar-refractivity contribution >= 4 is 0 Å². The molecule has 2 heteroatoms. The van der Waals surface area contributed by atoms with Crippen molar-refractivity contribution in [1.29, 1.82) is 0 Å². The summed E-state index contributed by atoms with van der Waals surface area (Å²) in [4.78, 5) is 2.60. The first-order valence-electron chi connectivity index (χ1n) is 7.89. The zero-order chi connectivity index (χ0) is 14.5. The maximum Gasteiger partial charge on any atom is 0.0240 e. The van der Waals surface area contributed by atoms with E-state index in [1.54, 1.807) is 0 Å². The molecule has 1 aliphatic rings. The first-order valence-corrected chi connectivity index (χ1v) is 7.89. The van der Waals surface area contributed by atoms with Gasteiger partial charge in [0.2, 0.25) is 0 Å². The number of benzene rings is 2. The third-order valence-corrected chi connectivity index (χ3v) is 4.61. The average molecular weight is 280 g/mol. The summed E-state index contributed by atoms with van der Waals surface area (Å²) in [5, 5.41) is 0. The van der Waals surface area contributed by atoms with Crippen LogP contribution in [0.15, 0.2) is 60.7 Å². The van der Waals surface area contributed by atoms with Crippen LogP contribution in [0.25, 0.3) is 0 Å². The van der Waals surface area contributed by atoms with Crippen LogP contribution in [-0.4, -0.2) is 17.5 Å². The molecule has 0 heterocycles. The lowest BCUT2D eigenvalue weighted by Crippen LogP contribution is -2.49. The largest absolute Gasteiger partial charge is 0.330 e. The molecule has 3 rings (SSSR count). The highest BCUT2D eigenvalue weighted by molar-refractivity contribution is 5.17. The third kappa shape index (κ3) is 3.52. The minimum Gasteiger partial charge on any atom is -0.330 e. The number of rotatable bonds is 6. The summed E-state index contributed by atoms with van der Waals surface area (Å²) < 4.78 is 0. The molecule has 0 aromatic heterocycles. The number of nitrogens with zero attached hydrogens (tertiary/aromatic N) is 1. The Morgan fingerprint density at radius 1 is 0.810 bits per heavy atom. The molecule has 2 aromatic carbocycles. The van der Waals surface area contributed by atoms with Crippen LogP contribution < -0.4 is 5.73 Å². The van der Waals surface area contributed by atoms with Gasteiger partial charge in [-0.2, -0.15) is 0 Å². The molecule has 0 radical (unpaired) electrons. The predicted octanol–water partition coefficient (Wildman–Crippen LogP) is 3.43. The van der Waals surface area contributed by atoms with E-state index in [-0.39, 0.29) is 0 Å². The smallest absolute Gasteiger partial charge is 0.0240 e. The van der Waals surface area contributed by atoms with Gasteiger partial charge in [0.1, 0.15) is 0 Å². The summed E-state index contributed by atoms with van der Waals surface area (Å²) in [5.74, 6) is 0.664. The van der Waals surface area contributed by atoms with Gasteiger partial charge >= 0.3 is 0 Å². The van der Waals surface area contributed by atoms with Crippen molar-refractivity contribution in [2.75, 3.05) is 6.54 Å². The van der Waals surface area contributed by atoms with Crippen molar-refractivity contribution in [3.8, 4) is 0 Å². The van der Waals surface area contributed by atoms with Gasteiger partial charge in [0.15, 0.2) is 0 Å². The first-order chi connectivity index (χ1) is 10.4. The molecule has 1 saturated carbocycles. The van der Waals surface area contributed by atoms with Crippen LogP contribution in [0, 0.1) is 5.92 Å². The molecule has 2 nitrogen and oxygen atoms in total. The van der Waals surface area contributed by atoms with Crippen molar-refractivity contribution < 1.29 is 0 Å². The van der Waals surface area contributed by atoms with Crippen molar-refractivity contribution in [3.05, 3.63) is 71.8 Å². The summed E-state index contributed by atoms with van der Waals surface area (Å²) in [7, 11) is 0. The molecular formula is C19H24N2. The standard InChI is InChI=1S/C19H24N2/c20-13-18-11-12-19(18)21(14-16-7-3-1-4-8-16)15-17-9-5-2-6-10-17/h1-10,18-19H,11-15,20H2. The molecule has 1 aliphatic carbocycles. The molecule has 21 heavy (non-hydrogen) atoms. The van der Waals surface area contributed by atoms with E-state index < -0.39 is 0 Å². The molecule has 2 N–H and O–H groups in total. The zero-order valence-electron chi connectivity index (χ0n) is 12.5. The van der Waals surface area contributed by atoms with Gasteiger partial charge in [-0.05, 0) is 36.4 Å². The topological polar surface area (TPSA) is 29.3 Å². The Morgan fingerprint density at radius 2 is 1.33 bits per heavy atom. The summed E-state index contributed by atoms with van der Waals surface area (Å²) >= 11 is 0. The van der Waals surface area contributed by atoms with Gasteiger partial charge in [-0.1, -0.05) is 60.7 Å². The van der Waals surface area contributed by atoms with Crippen LogP contribution in [0.3, 0.4) is 0 Å². The highest BCUT2D eigenvalue weighted by Gasteiger charge is 2.34. The van der Waals surface area contributed by atoms with Gasteiger partial charge in [-0.3, -0.25) is 4.90 Å². The minimum absolute atomic E-state index is 0.635. The average Bonchev–Trinajstić information content (AvgIpc) is 2.49. The molecule has 0 spiro atoms. The van der Waals surface area contributed by atoms with Crippen LogP contribution in [0.5, 0.6) is 0 Å². The lowest BCUT2D eigenvalue weighted by atomic mass is 9.78. The van der Waals surface area contributed by atoms with E-state index in [0.717, 1.165) is 19.6 Å². The van der Waals surface area contributed by atoms with Crippen molar-refractivity contribution in [3.63, 3.8) is 0 Å². The van der Waals surface area contributed by atoms with Gasteiger partial charge in [0, 0.05) is 19.1 Å². The molecule has 0 bridgehead atoms. The summed E-state index contributed by atoms with van der Waals surface area (Å²) in [5.41, 5.74) is 8.69. The molecule has 0 aliphatic heterocycles. The molecule has 2 atom stereocenters. The van der Waals surface area contributed by atoms with E-state index in [1.807, 2.05) is 0 Å². The molecule has 2 aromatic rings. The van der Waals surface area contributed by atoms with Crippen LogP contribution >= 0.6 is 0 Å². The van der Waals surface area contributed by atoms with E-state index in [1.165, 1.54) is 24.0 Å². The Bertz CT molecular complexity index is 495. The quantitative estimate of drug-likeness (QED) is 0.878. The Morgan fingerprint density at radius 3 is 1.71 bits per heavy atom. The maximum absolute atomic E-state index is 5.92. The van der Waals surface area contributed by atoms with E-state index in [4.69, 9.17) is 5.73 Å². The Kier molecular flexibility index (Phi) is 4.69. The molecule has 1 fully saturated rings. The number of hydrogen-bond acceptors (Lipinski definition) is 2. The van der Waals surface area contributed by atoms with Gasteiger partial charge in [0.05, 0.1) is 0 Å². The fraction of sp³-hybridized carbons (Fsp3) is 0.368. The number of nitrogens with two attached hydrogens (primary N) is 1. The van der Waals surface area contributed by atoms with Gasteiger partial charge in [-0.15, -0.1) is 0 Å². The minimum atomic E-state index is 0.635. The number of hydrogen-bond donors (Lipinski definition) is 1. The monoisotopic (exact) mass is 280 g/mol. The Balaban J connectivity index is 1.74. The SMILES string of the molecule is NCC1CCC1N(Cc1ccccc1)Cc1ccccc1. The predicted molar refractivity (Wildman–Crippen MR) is 87.7 cm³/mol. The van der Waals surface area contributed by atoms with E-state index >= 15 is 0 Å². The van der Waals surface area contributed by atoms with Crippen LogP contribution in [0.4, 0.5) is 0 Å². The molecule has 0 saturated heterocycles. The highest BCUT2D eigenvalue weighted by Crippen LogP contribution is 2.33. The van der Waals surface area contributed by atoms with Crippen molar-refractivity contribution in [1.82, 2.24) is 4.90 Å². The fourth-order valence-corrected chi connectivity index (χ4v) is 3.23. The molecule has 2 unspecified atom stereocenters. The van der Waals surface area contributed by atoms with E-state index in [9.17, 15) is 0 Å².